The molecule has 2 amide bonds. The van der Waals surface area contributed by atoms with E-state index in [-0.39, 0.29) is 23.9 Å². The molecule has 7 nitrogen and oxygen atoms in total. The summed E-state index contributed by atoms with van der Waals surface area (Å²) in [5.41, 5.74) is 3.31. The van der Waals surface area contributed by atoms with E-state index in [0.717, 1.165) is 28.9 Å². The van der Waals surface area contributed by atoms with Crippen LogP contribution in [0.5, 0.6) is 0 Å². The monoisotopic (exact) mass is 352 g/mol. The third-order valence-corrected chi connectivity index (χ3v) is 5.06. The van der Waals surface area contributed by atoms with Gasteiger partial charge in [-0.15, -0.1) is 0 Å². The molecule has 0 unspecified atom stereocenters. The molecule has 3 heterocycles. The fourth-order valence-electron chi connectivity index (χ4n) is 3.63. The first-order valence-electron chi connectivity index (χ1n) is 8.76. The molecule has 0 saturated carbocycles. The van der Waals surface area contributed by atoms with Gasteiger partial charge in [-0.2, -0.15) is 5.10 Å². The molecule has 2 aliphatic heterocycles. The largest absolute Gasteiger partial charge is 0.338 e. The van der Waals surface area contributed by atoms with Crippen molar-refractivity contribution in [1.29, 1.82) is 0 Å². The van der Waals surface area contributed by atoms with E-state index in [4.69, 9.17) is 0 Å². The van der Waals surface area contributed by atoms with Crippen LogP contribution in [-0.2, 0) is 35.5 Å². The van der Waals surface area contributed by atoms with Gasteiger partial charge in [0.25, 0.3) is 5.56 Å². The Morgan fingerprint density at radius 1 is 1.12 bits per heavy atom. The molecule has 0 fully saturated rings. The second-order valence-electron chi connectivity index (χ2n) is 6.73. The number of para-hydroxylation sites is 1. The molecule has 0 radical (unpaired) electrons. The number of carbonyl (C=O) groups is 2. The van der Waals surface area contributed by atoms with E-state index in [1.54, 1.807) is 9.80 Å². The average molecular weight is 352 g/mol. The number of rotatable bonds is 2. The van der Waals surface area contributed by atoms with Gasteiger partial charge in [0.1, 0.15) is 6.54 Å². The third-order valence-electron chi connectivity index (χ3n) is 5.06. The normalized spacial score (nSPS) is 15.6. The van der Waals surface area contributed by atoms with Crippen LogP contribution in [0, 0.1) is 0 Å². The lowest BCUT2D eigenvalue weighted by Gasteiger charge is -2.27. The molecule has 26 heavy (non-hydrogen) atoms. The van der Waals surface area contributed by atoms with Crippen LogP contribution in [0.25, 0.3) is 0 Å². The first-order valence-corrected chi connectivity index (χ1v) is 8.76. The molecule has 2 aromatic rings. The zero-order valence-corrected chi connectivity index (χ0v) is 14.6. The van der Waals surface area contributed by atoms with Crippen LogP contribution in [-0.4, -0.2) is 39.6 Å². The van der Waals surface area contributed by atoms with Crippen molar-refractivity contribution in [2.75, 3.05) is 18.0 Å². The molecule has 7 heteroatoms. The second-order valence-corrected chi connectivity index (χ2v) is 6.73. The minimum absolute atomic E-state index is 0.0114. The predicted octanol–water partition coefficient (Wildman–Crippen LogP) is 0.737. The van der Waals surface area contributed by atoms with Gasteiger partial charge in [-0.05, 0) is 18.1 Å². The van der Waals surface area contributed by atoms with E-state index in [0.29, 0.717) is 26.1 Å². The Hall–Kier alpha value is -2.96. The molecule has 0 spiro atoms. The molecular weight excluding hydrogens is 332 g/mol. The number of hydrogen-bond donors (Lipinski definition) is 0. The highest BCUT2D eigenvalue weighted by molar-refractivity contribution is 5.95. The van der Waals surface area contributed by atoms with Crippen molar-refractivity contribution in [1.82, 2.24) is 14.7 Å². The summed E-state index contributed by atoms with van der Waals surface area (Å²) in [5.74, 6) is -0.145. The van der Waals surface area contributed by atoms with Crippen molar-refractivity contribution in [3.63, 3.8) is 0 Å². The van der Waals surface area contributed by atoms with Gasteiger partial charge < -0.3 is 9.80 Å². The van der Waals surface area contributed by atoms with Gasteiger partial charge >= 0.3 is 0 Å². The first-order chi connectivity index (χ1) is 12.5. The van der Waals surface area contributed by atoms with Crippen molar-refractivity contribution < 1.29 is 9.59 Å². The highest BCUT2D eigenvalue weighted by Gasteiger charge is 2.26. The van der Waals surface area contributed by atoms with E-state index >= 15 is 0 Å². The lowest BCUT2D eigenvalue weighted by atomic mass is 10.1. The van der Waals surface area contributed by atoms with Crippen molar-refractivity contribution in [2.45, 2.75) is 32.9 Å². The number of nitrogens with zero attached hydrogens (tertiary/aromatic N) is 4. The van der Waals surface area contributed by atoms with E-state index in [1.165, 1.54) is 17.7 Å². The SMILES string of the molecule is CC(=O)N1CCc2nn(CC(=O)N3CCc4ccccc43)c(=O)cc2C1. The fraction of sp³-hybridized carbons (Fsp3) is 0.368. The topological polar surface area (TPSA) is 75.5 Å². The number of carbonyl (C=O) groups excluding carboxylic acids is 2. The maximum atomic E-state index is 12.7. The molecule has 0 N–H and O–H groups in total. The smallest absolute Gasteiger partial charge is 0.267 e. The van der Waals surface area contributed by atoms with Crippen LogP contribution in [0.2, 0.25) is 0 Å². The quantitative estimate of drug-likeness (QED) is 0.799. The lowest BCUT2D eigenvalue weighted by molar-refractivity contribution is -0.129. The van der Waals surface area contributed by atoms with Crippen molar-refractivity contribution in [2.24, 2.45) is 0 Å². The number of amides is 2. The molecule has 0 atom stereocenters. The van der Waals surface area contributed by atoms with Gasteiger partial charge in [-0.1, -0.05) is 18.2 Å². The number of fused-ring (bicyclic) bond motifs is 2. The lowest BCUT2D eigenvalue weighted by Crippen LogP contribution is -2.40. The Kier molecular flexibility index (Phi) is 4.06. The summed E-state index contributed by atoms with van der Waals surface area (Å²) in [6.07, 6.45) is 1.42. The molecular formula is C19H20N4O3. The summed E-state index contributed by atoms with van der Waals surface area (Å²) in [5, 5.41) is 4.39. The summed E-state index contributed by atoms with van der Waals surface area (Å²) < 4.78 is 1.24. The Balaban J connectivity index is 1.55. The number of hydrogen-bond acceptors (Lipinski definition) is 4. The Morgan fingerprint density at radius 2 is 1.92 bits per heavy atom. The van der Waals surface area contributed by atoms with Gasteiger partial charge in [-0.25, -0.2) is 4.68 Å². The van der Waals surface area contributed by atoms with Gasteiger partial charge in [0.05, 0.1) is 5.69 Å². The summed E-state index contributed by atoms with van der Waals surface area (Å²) in [4.78, 5) is 40.0. The van der Waals surface area contributed by atoms with E-state index in [1.807, 2.05) is 24.3 Å². The molecule has 134 valence electrons. The molecule has 0 saturated heterocycles. The van der Waals surface area contributed by atoms with Crippen LogP contribution in [0.1, 0.15) is 23.7 Å². The molecule has 0 aliphatic carbocycles. The van der Waals surface area contributed by atoms with Crippen LogP contribution in [0.3, 0.4) is 0 Å². The zero-order valence-electron chi connectivity index (χ0n) is 14.6. The highest BCUT2D eigenvalue weighted by Crippen LogP contribution is 2.27. The summed E-state index contributed by atoms with van der Waals surface area (Å²) >= 11 is 0. The van der Waals surface area contributed by atoms with Crippen LogP contribution >= 0.6 is 0 Å². The van der Waals surface area contributed by atoms with Gasteiger partial charge in [-0.3, -0.25) is 14.4 Å². The predicted molar refractivity (Wildman–Crippen MR) is 95.8 cm³/mol. The van der Waals surface area contributed by atoms with Crippen molar-refractivity contribution in [3.05, 3.63) is 57.5 Å². The molecule has 1 aromatic heterocycles. The molecule has 0 bridgehead atoms. The van der Waals surface area contributed by atoms with E-state index < -0.39 is 0 Å². The van der Waals surface area contributed by atoms with Crippen LogP contribution < -0.4 is 10.5 Å². The Labute approximate surface area is 150 Å². The summed E-state index contributed by atoms with van der Waals surface area (Å²) in [7, 11) is 0. The van der Waals surface area contributed by atoms with E-state index in [9.17, 15) is 14.4 Å². The minimum atomic E-state index is -0.310. The standard InChI is InChI=1S/C19H20N4O3/c1-13(24)21-8-7-16-15(11-21)10-18(25)23(20-16)12-19(26)22-9-6-14-4-2-3-5-17(14)22/h2-5,10H,6-9,11-12H2,1H3. The maximum Gasteiger partial charge on any atom is 0.267 e. The second kappa shape index (κ2) is 6.40. The maximum absolute atomic E-state index is 12.7. The molecule has 1 aromatic carbocycles. The summed E-state index contributed by atoms with van der Waals surface area (Å²) in [6, 6.07) is 9.33. The van der Waals surface area contributed by atoms with E-state index in [2.05, 4.69) is 5.10 Å². The van der Waals surface area contributed by atoms with Gasteiger partial charge in [0.15, 0.2) is 0 Å². The molecule has 4 rings (SSSR count). The van der Waals surface area contributed by atoms with Crippen LogP contribution in [0.15, 0.2) is 35.1 Å². The zero-order chi connectivity index (χ0) is 18.3. The molecule has 2 aliphatic rings. The summed E-state index contributed by atoms with van der Waals surface area (Å²) in [6.45, 7) is 3.07. The fourth-order valence-corrected chi connectivity index (χ4v) is 3.63. The number of benzene rings is 1. The van der Waals surface area contributed by atoms with Crippen LogP contribution in [0.4, 0.5) is 5.69 Å². The number of anilines is 1. The van der Waals surface area contributed by atoms with Gasteiger partial charge in [0, 0.05) is 50.3 Å². The average Bonchev–Trinajstić information content (AvgIpc) is 3.06. The first kappa shape index (κ1) is 16.5. The Morgan fingerprint density at radius 3 is 2.73 bits per heavy atom. The minimum Gasteiger partial charge on any atom is -0.338 e. The van der Waals surface area contributed by atoms with Gasteiger partial charge in [0.2, 0.25) is 11.8 Å². The van der Waals surface area contributed by atoms with Crippen molar-refractivity contribution in [3.8, 4) is 0 Å². The Bertz CT molecular complexity index is 950. The third kappa shape index (κ3) is 2.89. The number of aromatic nitrogens is 2. The van der Waals surface area contributed by atoms with Crippen molar-refractivity contribution >= 4 is 17.5 Å². The highest BCUT2D eigenvalue weighted by atomic mass is 16.2.